The minimum Gasteiger partial charge on any atom is -0.370 e. The van der Waals surface area contributed by atoms with Crippen molar-refractivity contribution in [2.75, 3.05) is 38.6 Å². The third kappa shape index (κ3) is 2.79. The Morgan fingerprint density at radius 1 is 1.39 bits per heavy atom. The van der Waals surface area contributed by atoms with Gasteiger partial charge in [-0.2, -0.15) is 0 Å². The SMILES string of the molecule is CCNc1nc(C2CN(C)CCO2)nc(C)c1C. The van der Waals surface area contributed by atoms with Gasteiger partial charge in [0.2, 0.25) is 0 Å². The van der Waals surface area contributed by atoms with Crippen LogP contribution in [0.5, 0.6) is 0 Å². The molecular weight excluding hydrogens is 228 g/mol. The van der Waals surface area contributed by atoms with Crippen LogP contribution in [-0.2, 0) is 4.74 Å². The van der Waals surface area contributed by atoms with Crippen molar-refractivity contribution in [1.82, 2.24) is 14.9 Å². The minimum atomic E-state index is -0.0135. The first-order valence-electron chi connectivity index (χ1n) is 6.51. The number of aryl methyl sites for hydroxylation is 1. The van der Waals surface area contributed by atoms with Crippen LogP contribution in [0.15, 0.2) is 0 Å². The summed E-state index contributed by atoms with van der Waals surface area (Å²) in [6.07, 6.45) is -0.0135. The average Bonchev–Trinajstić information content (AvgIpc) is 2.35. The molecule has 18 heavy (non-hydrogen) atoms. The monoisotopic (exact) mass is 250 g/mol. The van der Waals surface area contributed by atoms with E-state index in [0.717, 1.165) is 49.1 Å². The number of hydrogen-bond acceptors (Lipinski definition) is 5. The second kappa shape index (κ2) is 5.63. The Kier molecular flexibility index (Phi) is 4.14. The molecule has 0 bridgehead atoms. The zero-order valence-electron chi connectivity index (χ0n) is 11.7. The number of morpholine rings is 1. The maximum absolute atomic E-state index is 5.77. The molecule has 1 aliphatic heterocycles. The predicted molar refractivity (Wildman–Crippen MR) is 71.9 cm³/mol. The standard InChI is InChI=1S/C13H22N4O/c1-5-14-12-9(2)10(3)15-13(16-12)11-8-17(4)6-7-18-11/h11H,5-8H2,1-4H3,(H,14,15,16). The Hall–Kier alpha value is -1.20. The van der Waals surface area contributed by atoms with E-state index < -0.39 is 0 Å². The molecule has 1 aliphatic rings. The Morgan fingerprint density at radius 3 is 2.83 bits per heavy atom. The van der Waals surface area contributed by atoms with E-state index in [2.05, 4.69) is 34.2 Å². The lowest BCUT2D eigenvalue weighted by molar-refractivity contribution is -0.0255. The van der Waals surface area contributed by atoms with E-state index in [1.54, 1.807) is 0 Å². The van der Waals surface area contributed by atoms with Crippen LogP contribution in [0.25, 0.3) is 0 Å². The maximum Gasteiger partial charge on any atom is 0.161 e. The van der Waals surface area contributed by atoms with Crippen molar-refractivity contribution in [3.63, 3.8) is 0 Å². The van der Waals surface area contributed by atoms with Gasteiger partial charge in [-0.1, -0.05) is 0 Å². The first kappa shape index (κ1) is 13.2. The molecule has 0 saturated carbocycles. The van der Waals surface area contributed by atoms with Crippen LogP contribution in [0.2, 0.25) is 0 Å². The molecule has 5 nitrogen and oxygen atoms in total. The van der Waals surface area contributed by atoms with E-state index in [1.807, 2.05) is 13.8 Å². The summed E-state index contributed by atoms with van der Waals surface area (Å²) in [6.45, 7) is 9.58. The fourth-order valence-corrected chi connectivity index (χ4v) is 2.07. The average molecular weight is 250 g/mol. The van der Waals surface area contributed by atoms with E-state index in [1.165, 1.54) is 0 Å². The molecule has 0 radical (unpaired) electrons. The number of hydrogen-bond donors (Lipinski definition) is 1. The second-order valence-corrected chi connectivity index (χ2v) is 4.79. The lowest BCUT2D eigenvalue weighted by atomic mass is 10.2. The summed E-state index contributed by atoms with van der Waals surface area (Å²) >= 11 is 0. The Bertz CT molecular complexity index is 422. The molecular formula is C13H22N4O. The third-order valence-corrected chi connectivity index (χ3v) is 3.31. The highest BCUT2D eigenvalue weighted by atomic mass is 16.5. The van der Waals surface area contributed by atoms with E-state index in [0.29, 0.717) is 0 Å². The number of likely N-dealkylation sites (N-methyl/N-ethyl adjacent to an activating group) is 1. The lowest BCUT2D eigenvalue weighted by Crippen LogP contribution is -2.36. The summed E-state index contributed by atoms with van der Waals surface area (Å²) < 4.78 is 5.77. The van der Waals surface area contributed by atoms with Gasteiger partial charge in [-0.15, -0.1) is 0 Å². The van der Waals surface area contributed by atoms with Crippen molar-refractivity contribution in [2.45, 2.75) is 26.9 Å². The largest absolute Gasteiger partial charge is 0.370 e. The van der Waals surface area contributed by atoms with Gasteiger partial charge in [-0.05, 0) is 27.8 Å². The zero-order chi connectivity index (χ0) is 13.1. The molecule has 1 N–H and O–H groups in total. The maximum atomic E-state index is 5.77. The van der Waals surface area contributed by atoms with Gasteiger partial charge in [0.1, 0.15) is 11.9 Å². The van der Waals surface area contributed by atoms with Crippen molar-refractivity contribution >= 4 is 5.82 Å². The van der Waals surface area contributed by atoms with Crippen molar-refractivity contribution in [3.05, 3.63) is 17.1 Å². The first-order valence-corrected chi connectivity index (χ1v) is 6.51. The Morgan fingerprint density at radius 2 is 2.17 bits per heavy atom. The molecule has 100 valence electrons. The molecule has 0 spiro atoms. The van der Waals surface area contributed by atoms with Crippen LogP contribution in [0.1, 0.15) is 30.1 Å². The molecule has 1 aromatic heterocycles. The third-order valence-electron chi connectivity index (χ3n) is 3.31. The van der Waals surface area contributed by atoms with Crippen molar-refractivity contribution in [1.29, 1.82) is 0 Å². The van der Waals surface area contributed by atoms with Crippen LogP contribution < -0.4 is 5.32 Å². The summed E-state index contributed by atoms with van der Waals surface area (Å²) in [5, 5.41) is 3.29. The topological polar surface area (TPSA) is 50.3 Å². The molecule has 0 amide bonds. The van der Waals surface area contributed by atoms with Crippen LogP contribution >= 0.6 is 0 Å². The Balaban J connectivity index is 2.27. The van der Waals surface area contributed by atoms with Gasteiger partial charge in [-0.3, -0.25) is 0 Å². The number of rotatable bonds is 3. The molecule has 1 saturated heterocycles. The summed E-state index contributed by atoms with van der Waals surface area (Å²) in [5.41, 5.74) is 2.14. The van der Waals surface area contributed by atoms with Gasteiger partial charge < -0.3 is 15.0 Å². The van der Waals surface area contributed by atoms with Crippen molar-refractivity contribution < 1.29 is 4.74 Å². The molecule has 1 fully saturated rings. The summed E-state index contributed by atoms with van der Waals surface area (Å²) in [6, 6.07) is 0. The smallest absolute Gasteiger partial charge is 0.161 e. The van der Waals surface area contributed by atoms with E-state index in [9.17, 15) is 0 Å². The number of nitrogens with one attached hydrogen (secondary N) is 1. The quantitative estimate of drug-likeness (QED) is 0.881. The normalized spacial score (nSPS) is 21.0. The molecule has 2 rings (SSSR count). The molecule has 1 aromatic rings. The zero-order valence-corrected chi connectivity index (χ0v) is 11.7. The molecule has 1 unspecified atom stereocenters. The molecule has 1 atom stereocenters. The van der Waals surface area contributed by atoms with E-state index in [4.69, 9.17) is 4.74 Å². The fraction of sp³-hybridized carbons (Fsp3) is 0.692. The molecule has 0 aliphatic carbocycles. The number of nitrogens with zero attached hydrogens (tertiary/aromatic N) is 3. The lowest BCUT2D eigenvalue weighted by Gasteiger charge is -2.29. The van der Waals surface area contributed by atoms with Crippen LogP contribution in [0.4, 0.5) is 5.82 Å². The van der Waals surface area contributed by atoms with Gasteiger partial charge in [0.15, 0.2) is 5.82 Å². The van der Waals surface area contributed by atoms with Crippen molar-refractivity contribution in [3.8, 4) is 0 Å². The van der Waals surface area contributed by atoms with Crippen molar-refractivity contribution in [2.24, 2.45) is 0 Å². The highest BCUT2D eigenvalue weighted by Gasteiger charge is 2.23. The molecule has 5 heteroatoms. The van der Waals surface area contributed by atoms with E-state index >= 15 is 0 Å². The molecule has 2 heterocycles. The van der Waals surface area contributed by atoms with Crippen LogP contribution in [-0.4, -0.2) is 48.2 Å². The van der Waals surface area contributed by atoms with Gasteiger partial charge in [0, 0.05) is 30.9 Å². The highest BCUT2D eigenvalue weighted by Crippen LogP contribution is 2.22. The summed E-state index contributed by atoms with van der Waals surface area (Å²) in [4.78, 5) is 11.4. The number of ether oxygens (including phenoxy) is 1. The van der Waals surface area contributed by atoms with Gasteiger partial charge in [0.25, 0.3) is 0 Å². The summed E-state index contributed by atoms with van der Waals surface area (Å²) in [5.74, 6) is 1.72. The number of aromatic nitrogens is 2. The number of anilines is 1. The second-order valence-electron chi connectivity index (χ2n) is 4.79. The van der Waals surface area contributed by atoms with Gasteiger partial charge in [0.05, 0.1) is 6.61 Å². The summed E-state index contributed by atoms with van der Waals surface area (Å²) in [7, 11) is 2.10. The fourth-order valence-electron chi connectivity index (χ4n) is 2.07. The van der Waals surface area contributed by atoms with E-state index in [-0.39, 0.29) is 6.10 Å². The minimum absolute atomic E-state index is 0.0135. The van der Waals surface area contributed by atoms with Crippen LogP contribution in [0.3, 0.4) is 0 Å². The van der Waals surface area contributed by atoms with Gasteiger partial charge in [-0.25, -0.2) is 9.97 Å². The molecule has 0 aromatic carbocycles. The van der Waals surface area contributed by atoms with Gasteiger partial charge >= 0.3 is 0 Å². The predicted octanol–water partition coefficient (Wildman–Crippen LogP) is 1.53. The highest BCUT2D eigenvalue weighted by molar-refractivity contribution is 5.45. The Labute approximate surface area is 109 Å². The van der Waals surface area contributed by atoms with Crippen LogP contribution in [0, 0.1) is 13.8 Å². The first-order chi connectivity index (χ1) is 8.61.